The van der Waals surface area contributed by atoms with Crippen molar-refractivity contribution in [2.45, 2.75) is 37.8 Å². The topological polar surface area (TPSA) is 270 Å². The Labute approximate surface area is 172 Å². The van der Waals surface area contributed by atoms with Crippen LogP contribution in [0.15, 0.2) is 15.8 Å². The minimum absolute atomic E-state index is 0.116. The summed E-state index contributed by atoms with van der Waals surface area (Å²) in [7, 11) is -16.7. The average molecular weight is 511 g/mol. The predicted molar refractivity (Wildman–Crippen MR) is 98.4 cm³/mol. The number of phosphoric ester groups is 1. The maximum Gasteiger partial charge on any atom is 0.490 e. The summed E-state index contributed by atoms with van der Waals surface area (Å²) in [6.07, 6.45) is -3.36. The molecule has 2 heterocycles. The van der Waals surface area contributed by atoms with Crippen molar-refractivity contribution in [3.63, 3.8) is 0 Å². The molecule has 6 atom stereocenters. The van der Waals surface area contributed by atoms with Crippen molar-refractivity contribution >= 4 is 23.5 Å². The zero-order valence-electron chi connectivity index (χ0n) is 15.8. The zero-order chi connectivity index (χ0) is 24.0. The second-order valence-corrected chi connectivity index (χ2v) is 11.1. The predicted octanol–water partition coefficient (Wildman–Crippen LogP) is -1.84. The van der Waals surface area contributed by atoms with Crippen molar-refractivity contribution in [2.24, 2.45) is 5.73 Å². The molecule has 0 spiro atoms. The standard InChI is InChI=1S/C11H20N3O14P3/c1-5-3-14(10(17)13-8(5)16)9-11(2,12)7(15)6(26-9)4-25-30(21,22)28-31(23,24)27-29(18,19)20/h3,6-7,9,15H,4,12H2,1-2H3,(H,21,22)(H,23,24)(H,13,16,17)(H2,18,19,20)/t6-,7-,9-,11-/m1/s1. The molecule has 0 amide bonds. The monoisotopic (exact) mass is 511 g/mol. The maximum atomic E-state index is 12.1. The van der Waals surface area contributed by atoms with Gasteiger partial charge in [0.2, 0.25) is 0 Å². The zero-order valence-corrected chi connectivity index (χ0v) is 18.5. The number of aromatic amines is 1. The summed E-state index contributed by atoms with van der Waals surface area (Å²) in [5.41, 5.74) is 2.87. The summed E-state index contributed by atoms with van der Waals surface area (Å²) >= 11 is 0. The smallest absolute Gasteiger partial charge is 0.388 e. The van der Waals surface area contributed by atoms with E-state index < -0.39 is 65.3 Å². The van der Waals surface area contributed by atoms with Crippen LogP contribution in [0.1, 0.15) is 18.7 Å². The summed E-state index contributed by atoms with van der Waals surface area (Å²) in [6, 6.07) is 0. The number of aromatic nitrogens is 2. The number of nitrogens with two attached hydrogens (primary N) is 1. The Kier molecular flexibility index (Phi) is 7.38. The van der Waals surface area contributed by atoms with Crippen LogP contribution in [-0.4, -0.2) is 58.6 Å². The molecule has 2 unspecified atom stereocenters. The van der Waals surface area contributed by atoms with Crippen LogP contribution in [0.4, 0.5) is 0 Å². The third kappa shape index (κ3) is 6.49. The molecule has 1 aromatic rings. The number of nitrogens with zero attached hydrogens (tertiary/aromatic N) is 1. The normalized spacial score (nSPS) is 30.6. The number of ether oxygens (including phenoxy) is 1. The lowest BCUT2D eigenvalue weighted by Crippen LogP contribution is -2.53. The molecule has 1 fully saturated rings. The molecule has 0 saturated carbocycles. The van der Waals surface area contributed by atoms with Crippen LogP contribution < -0.4 is 17.0 Å². The fourth-order valence-electron chi connectivity index (χ4n) is 2.66. The van der Waals surface area contributed by atoms with Gasteiger partial charge in [0, 0.05) is 11.8 Å². The fourth-order valence-corrected chi connectivity index (χ4v) is 5.69. The van der Waals surface area contributed by atoms with Gasteiger partial charge >= 0.3 is 29.2 Å². The first kappa shape index (κ1) is 26.2. The molecule has 20 heteroatoms. The van der Waals surface area contributed by atoms with Crippen LogP contribution in [0.5, 0.6) is 0 Å². The van der Waals surface area contributed by atoms with Gasteiger partial charge in [0.1, 0.15) is 12.2 Å². The van der Waals surface area contributed by atoms with Crippen LogP contribution in [0.25, 0.3) is 0 Å². The molecule has 1 aliphatic rings. The van der Waals surface area contributed by atoms with Crippen molar-refractivity contribution in [1.82, 2.24) is 9.55 Å². The van der Waals surface area contributed by atoms with Gasteiger partial charge in [0.25, 0.3) is 5.56 Å². The Morgan fingerprint density at radius 1 is 1.19 bits per heavy atom. The lowest BCUT2D eigenvalue weighted by atomic mass is 9.93. The molecular weight excluding hydrogens is 491 g/mol. The molecule has 0 aromatic carbocycles. The Hall–Kier alpha value is -1.03. The van der Waals surface area contributed by atoms with E-state index in [4.69, 9.17) is 25.2 Å². The summed E-state index contributed by atoms with van der Waals surface area (Å²) in [5, 5.41) is 10.4. The van der Waals surface area contributed by atoms with Gasteiger partial charge in [-0.3, -0.25) is 18.9 Å². The van der Waals surface area contributed by atoms with E-state index in [-0.39, 0.29) is 5.56 Å². The van der Waals surface area contributed by atoms with E-state index in [1.54, 1.807) is 0 Å². The van der Waals surface area contributed by atoms with Crippen molar-refractivity contribution in [3.05, 3.63) is 32.6 Å². The number of H-pyrrole nitrogens is 1. The number of aliphatic hydroxyl groups excluding tert-OH is 1. The van der Waals surface area contributed by atoms with Crippen LogP contribution in [0.2, 0.25) is 0 Å². The largest absolute Gasteiger partial charge is 0.490 e. The van der Waals surface area contributed by atoms with Gasteiger partial charge in [-0.15, -0.1) is 0 Å². The highest BCUT2D eigenvalue weighted by atomic mass is 31.3. The molecule has 1 aromatic heterocycles. The molecule has 178 valence electrons. The summed E-state index contributed by atoms with van der Waals surface area (Å²) in [4.78, 5) is 61.2. The second kappa shape index (κ2) is 8.72. The Morgan fingerprint density at radius 2 is 1.77 bits per heavy atom. The van der Waals surface area contributed by atoms with E-state index in [1.807, 2.05) is 4.98 Å². The highest BCUT2D eigenvalue weighted by Gasteiger charge is 2.53. The molecule has 31 heavy (non-hydrogen) atoms. The minimum atomic E-state index is -5.72. The van der Waals surface area contributed by atoms with Crippen LogP contribution >= 0.6 is 23.5 Å². The summed E-state index contributed by atoms with van der Waals surface area (Å²) in [6.45, 7) is 1.69. The van der Waals surface area contributed by atoms with Crippen molar-refractivity contribution < 1.29 is 56.3 Å². The number of nitrogens with one attached hydrogen (secondary N) is 1. The molecule has 1 saturated heterocycles. The van der Waals surface area contributed by atoms with E-state index in [9.17, 15) is 33.3 Å². The van der Waals surface area contributed by atoms with Gasteiger partial charge in [0.05, 0.1) is 12.1 Å². The first-order chi connectivity index (χ1) is 13.8. The average Bonchev–Trinajstić information content (AvgIpc) is 2.76. The van der Waals surface area contributed by atoms with Gasteiger partial charge in [-0.1, -0.05) is 0 Å². The van der Waals surface area contributed by atoms with E-state index in [2.05, 4.69) is 13.1 Å². The van der Waals surface area contributed by atoms with Crippen LogP contribution in [0, 0.1) is 6.92 Å². The first-order valence-electron chi connectivity index (χ1n) is 8.07. The van der Waals surface area contributed by atoms with Gasteiger partial charge in [-0.2, -0.15) is 8.62 Å². The van der Waals surface area contributed by atoms with E-state index >= 15 is 0 Å². The minimum Gasteiger partial charge on any atom is -0.388 e. The molecule has 8 N–H and O–H groups in total. The Bertz CT molecular complexity index is 1090. The second-order valence-electron chi connectivity index (χ2n) is 6.70. The van der Waals surface area contributed by atoms with Gasteiger partial charge in [-0.25, -0.2) is 18.5 Å². The first-order valence-corrected chi connectivity index (χ1v) is 12.6. The molecule has 0 bridgehead atoms. The Balaban J connectivity index is 2.17. The van der Waals surface area contributed by atoms with Crippen molar-refractivity contribution in [3.8, 4) is 0 Å². The number of phosphoric acid groups is 3. The number of rotatable bonds is 8. The highest BCUT2D eigenvalue weighted by Crippen LogP contribution is 2.66. The van der Waals surface area contributed by atoms with E-state index in [1.165, 1.54) is 13.8 Å². The molecule has 0 aliphatic carbocycles. The number of hydrogen-bond donors (Lipinski definition) is 7. The number of hydrogen-bond acceptors (Lipinski definition) is 11. The SMILES string of the molecule is Cc1cn([C@@H]2O[C@H](COP(=O)(O)OP(=O)(O)OP(=O)(O)O)[C@@H](O)[C@@]2(C)N)c(=O)[nH]c1=O. The quantitative estimate of drug-likeness (QED) is 0.189. The summed E-state index contributed by atoms with van der Waals surface area (Å²) in [5.74, 6) is 0. The van der Waals surface area contributed by atoms with Gasteiger partial charge in [-0.05, 0) is 13.8 Å². The molecule has 2 rings (SSSR count). The van der Waals surface area contributed by atoms with Gasteiger partial charge < -0.3 is 35.2 Å². The third-order valence-electron chi connectivity index (χ3n) is 4.04. The van der Waals surface area contributed by atoms with Gasteiger partial charge in [0.15, 0.2) is 6.23 Å². The maximum absolute atomic E-state index is 12.1. The van der Waals surface area contributed by atoms with Crippen molar-refractivity contribution in [2.75, 3.05) is 6.61 Å². The molecule has 17 nitrogen and oxygen atoms in total. The van der Waals surface area contributed by atoms with E-state index in [0.29, 0.717) is 0 Å². The summed E-state index contributed by atoms with van der Waals surface area (Å²) < 4.78 is 51.6. The lowest BCUT2D eigenvalue weighted by Gasteiger charge is -2.28. The Morgan fingerprint density at radius 3 is 2.32 bits per heavy atom. The number of aryl methyl sites for hydroxylation is 1. The fraction of sp³-hybridized carbons (Fsp3) is 0.636. The van der Waals surface area contributed by atoms with Crippen molar-refractivity contribution in [1.29, 1.82) is 0 Å². The highest BCUT2D eigenvalue weighted by molar-refractivity contribution is 7.66. The number of aliphatic hydroxyl groups is 1. The molecule has 1 aliphatic heterocycles. The third-order valence-corrected chi connectivity index (χ3v) is 7.84. The lowest BCUT2D eigenvalue weighted by molar-refractivity contribution is -0.0479. The molecule has 0 radical (unpaired) electrons. The van der Waals surface area contributed by atoms with E-state index in [0.717, 1.165) is 10.8 Å². The van der Waals surface area contributed by atoms with Crippen LogP contribution in [0.3, 0.4) is 0 Å². The van der Waals surface area contributed by atoms with Crippen LogP contribution in [-0.2, 0) is 31.6 Å². The molecular formula is C11H20N3O14P3.